The number of sulfone groups is 1. The van der Waals surface area contributed by atoms with Crippen LogP contribution in [-0.2, 0) is 16.9 Å². The minimum atomic E-state index is -3.42. The van der Waals surface area contributed by atoms with Crippen LogP contribution in [0.15, 0.2) is 46.3 Å². The standard InChI is InChI=1S/C12H15N3O3S/c1-10(15-12(16)14(2)9-13-15)8-19(17,18)11-6-4-3-5-7-11/h3-7,9-10H,8H2,1-2H3. The Balaban J connectivity index is 2.27. The fourth-order valence-corrected chi connectivity index (χ4v) is 3.35. The summed E-state index contributed by atoms with van der Waals surface area (Å²) in [5, 5.41) is 3.90. The number of rotatable bonds is 4. The Morgan fingerprint density at radius 1 is 1.26 bits per heavy atom. The van der Waals surface area contributed by atoms with Gasteiger partial charge in [-0.1, -0.05) is 18.2 Å². The van der Waals surface area contributed by atoms with Crippen LogP contribution >= 0.6 is 0 Å². The number of benzene rings is 1. The Kier molecular flexibility index (Phi) is 3.57. The van der Waals surface area contributed by atoms with E-state index in [1.807, 2.05) is 0 Å². The minimum Gasteiger partial charge on any atom is -0.285 e. The third-order valence-corrected chi connectivity index (χ3v) is 4.74. The molecule has 2 aromatic rings. The molecule has 0 N–H and O–H groups in total. The van der Waals surface area contributed by atoms with Gasteiger partial charge in [0.15, 0.2) is 9.84 Å². The third kappa shape index (κ3) is 2.76. The van der Waals surface area contributed by atoms with Crippen molar-refractivity contribution in [1.29, 1.82) is 0 Å². The number of aryl methyl sites for hydroxylation is 1. The van der Waals surface area contributed by atoms with Gasteiger partial charge in [-0.2, -0.15) is 5.10 Å². The summed E-state index contributed by atoms with van der Waals surface area (Å²) in [4.78, 5) is 12.0. The van der Waals surface area contributed by atoms with Gasteiger partial charge in [0.2, 0.25) is 0 Å². The van der Waals surface area contributed by atoms with E-state index in [0.717, 1.165) is 0 Å². The molecule has 0 aliphatic carbocycles. The molecule has 0 fully saturated rings. The molecular formula is C12H15N3O3S. The van der Waals surface area contributed by atoms with Crippen molar-refractivity contribution in [3.05, 3.63) is 47.1 Å². The second-order valence-electron chi connectivity index (χ2n) is 4.41. The van der Waals surface area contributed by atoms with Gasteiger partial charge in [0, 0.05) is 7.05 Å². The lowest BCUT2D eigenvalue weighted by molar-refractivity contribution is 0.499. The molecule has 1 unspecified atom stereocenters. The van der Waals surface area contributed by atoms with Gasteiger partial charge in [0.25, 0.3) is 0 Å². The van der Waals surface area contributed by atoms with Crippen LogP contribution in [0.25, 0.3) is 0 Å². The smallest absolute Gasteiger partial charge is 0.285 e. The van der Waals surface area contributed by atoms with Gasteiger partial charge in [-0.15, -0.1) is 0 Å². The fourth-order valence-electron chi connectivity index (χ4n) is 1.81. The van der Waals surface area contributed by atoms with Crippen LogP contribution < -0.4 is 5.69 Å². The Bertz CT molecular complexity index is 716. The number of aromatic nitrogens is 3. The van der Waals surface area contributed by atoms with Crippen molar-refractivity contribution in [2.24, 2.45) is 7.05 Å². The van der Waals surface area contributed by atoms with E-state index < -0.39 is 15.9 Å². The quantitative estimate of drug-likeness (QED) is 0.823. The van der Waals surface area contributed by atoms with Crippen molar-refractivity contribution in [2.75, 3.05) is 5.75 Å². The summed E-state index contributed by atoms with van der Waals surface area (Å²) in [6, 6.07) is 7.67. The van der Waals surface area contributed by atoms with E-state index in [1.54, 1.807) is 44.3 Å². The molecule has 6 nitrogen and oxygen atoms in total. The van der Waals surface area contributed by atoms with Crippen LogP contribution in [0.2, 0.25) is 0 Å². The third-order valence-electron chi connectivity index (χ3n) is 2.83. The van der Waals surface area contributed by atoms with E-state index in [0.29, 0.717) is 0 Å². The summed E-state index contributed by atoms with van der Waals surface area (Å²) in [5.74, 6) is -0.159. The molecule has 0 amide bonds. The molecule has 19 heavy (non-hydrogen) atoms. The van der Waals surface area contributed by atoms with Crippen molar-refractivity contribution in [2.45, 2.75) is 17.9 Å². The van der Waals surface area contributed by atoms with E-state index in [9.17, 15) is 13.2 Å². The first-order valence-electron chi connectivity index (χ1n) is 5.80. The zero-order valence-corrected chi connectivity index (χ0v) is 11.5. The maximum Gasteiger partial charge on any atom is 0.345 e. The van der Waals surface area contributed by atoms with Crippen molar-refractivity contribution in [3.8, 4) is 0 Å². The highest BCUT2D eigenvalue weighted by molar-refractivity contribution is 7.91. The van der Waals surface area contributed by atoms with Crippen molar-refractivity contribution in [3.63, 3.8) is 0 Å². The highest BCUT2D eigenvalue weighted by Crippen LogP contribution is 2.15. The van der Waals surface area contributed by atoms with E-state index >= 15 is 0 Å². The predicted octanol–water partition coefficient (Wildman–Crippen LogP) is 0.617. The van der Waals surface area contributed by atoms with E-state index in [2.05, 4.69) is 5.10 Å². The minimum absolute atomic E-state index is 0.159. The van der Waals surface area contributed by atoms with Crippen molar-refractivity contribution >= 4 is 9.84 Å². The van der Waals surface area contributed by atoms with Crippen LogP contribution in [0, 0.1) is 0 Å². The van der Waals surface area contributed by atoms with Crippen molar-refractivity contribution in [1.82, 2.24) is 14.3 Å². The SMILES string of the molecule is CC(CS(=O)(=O)c1ccccc1)n1ncn(C)c1=O. The van der Waals surface area contributed by atoms with Gasteiger partial charge in [0.05, 0.1) is 16.7 Å². The monoisotopic (exact) mass is 281 g/mol. The summed E-state index contributed by atoms with van der Waals surface area (Å²) in [7, 11) is -1.85. The Labute approximate surface area is 111 Å². The molecule has 7 heteroatoms. The summed E-state index contributed by atoms with van der Waals surface area (Å²) < 4.78 is 26.9. The van der Waals surface area contributed by atoms with E-state index in [1.165, 1.54) is 15.6 Å². The molecule has 0 bridgehead atoms. The Morgan fingerprint density at radius 3 is 2.42 bits per heavy atom. The molecule has 0 spiro atoms. The molecule has 0 aliphatic heterocycles. The normalized spacial score (nSPS) is 13.4. The van der Waals surface area contributed by atoms with Gasteiger partial charge in [-0.25, -0.2) is 17.9 Å². The van der Waals surface area contributed by atoms with E-state index in [4.69, 9.17) is 0 Å². The molecule has 0 saturated heterocycles. The maximum absolute atomic E-state index is 12.2. The highest BCUT2D eigenvalue weighted by Gasteiger charge is 2.21. The first-order valence-corrected chi connectivity index (χ1v) is 7.45. The lowest BCUT2D eigenvalue weighted by Gasteiger charge is -2.11. The summed E-state index contributed by atoms with van der Waals surface area (Å²) in [6.07, 6.45) is 1.37. The fraction of sp³-hybridized carbons (Fsp3) is 0.333. The molecule has 0 aliphatic rings. The Morgan fingerprint density at radius 2 is 1.89 bits per heavy atom. The van der Waals surface area contributed by atoms with Gasteiger partial charge in [-0.05, 0) is 19.1 Å². The first-order chi connectivity index (χ1) is 8.92. The second-order valence-corrected chi connectivity index (χ2v) is 6.45. The summed E-state index contributed by atoms with van der Waals surface area (Å²) in [5.41, 5.74) is -0.323. The molecular weight excluding hydrogens is 266 g/mol. The van der Waals surface area contributed by atoms with Crippen molar-refractivity contribution < 1.29 is 8.42 Å². The highest BCUT2D eigenvalue weighted by atomic mass is 32.2. The molecule has 1 heterocycles. The molecule has 1 atom stereocenters. The average molecular weight is 281 g/mol. The molecule has 102 valence electrons. The molecule has 1 aromatic carbocycles. The van der Waals surface area contributed by atoms with Gasteiger partial charge < -0.3 is 0 Å². The predicted molar refractivity (Wildman–Crippen MR) is 70.7 cm³/mol. The topological polar surface area (TPSA) is 74.0 Å². The van der Waals surface area contributed by atoms with Gasteiger partial charge >= 0.3 is 5.69 Å². The summed E-state index contributed by atoms with van der Waals surface area (Å²) in [6.45, 7) is 1.66. The van der Waals surface area contributed by atoms with Crippen LogP contribution in [0.5, 0.6) is 0 Å². The van der Waals surface area contributed by atoms with Crippen LogP contribution in [0.3, 0.4) is 0 Å². The maximum atomic E-state index is 12.2. The second kappa shape index (κ2) is 5.00. The largest absolute Gasteiger partial charge is 0.345 e. The average Bonchev–Trinajstić information content (AvgIpc) is 2.71. The first kappa shape index (κ1) is 13.5. The lowest BCUT2D eigenvalue weighted by Crippen LogP contribution is -2.29. The molecule has 0 saturated carbocycles. The number of nitrogens with zero attached hydrogens (tertiary/aromatic N) is 3. The zero-order valence-electron chi connectivity index (χ0n) is 10.7. The van der Waals surface area contributed by atoms with Crippen LogP contribution in [-0.4, -0.2) is 28.5 Å². The van der Waals surface area contributed by atoms with Crippen LogP contribution in [0.4, 0.5) is 0 Å². The molecule has 2 rings (SSSR count). The summed E-state index contributed by atoms with van der Waals surface area (Å²) >= 11 is 0. The Hall–Kier alpha value is -1.89. The van der Waals surface area contributed by atoms with Gasteiger partial charge in [-0.3, -0.25) is 4.57 Å². The van der Waals surface area contributed by atoms with E-state index in [-0.39, 0.29) is 16.3 Å². The molecule has 1 aromatic heterocycles. The number of hydrogen-bond acceptors (Lipinski definition) is 4. The van der Waals surface area contributed by atoms with Gasteiger partial charge in [0.1, 0.15) is 6.33 Å². The zero-order chi connectivity index (χ0) is 14.0. The van der Waals surface area contributed by atoms with Crippen LogP contribution in [0.1, 0.15) is 13.0 Å². The lowest BCUT2D eigenvalue weighted by atomic mass is 10.4. The molecule has 0 radical (unpaired) electrons. The number of hydrogen-bond donors (Lipinski definition) is 0.